The molecule has 1 heterocycles. The SMILES string of the molecule is COc1ccc(-c2nn(-c3ccccc3)cc2C(=O)N(C)Cc2ccccc2C)cc1. The molecule has 0 aliphatic rings. The number of nitrogens with zero attached hydrogens (tertiary/aromatic N) is 3. The zero-order chi connectivity index (χ0) is 21.8. The van der Waals surface area contributed by atoms with E-state index >= 15 is 0 Å². The Hall–Kier alpha value is -3.86. The van der Waals surface area contributed by atoms with E-state index in [1.807, 2.05) is 80.0 Å². The van der Waals surface area contributed by atoms with Gasteiger partial charge >= 0.3 is 0 Å². The predicted molar refractivity (Wildman–Crippen MR) is 123 cm³/mol. The maximum Gasteiger partial charge on any atom is 0.257 e. The van der Waals surface area contributed by atoms with Crippen molar-refractivity contribution in [1.82, 2.24) is 14.7 Å². The van der Waals surface area contributed by atoms with E-state index in [2.05, 4.69) is 19.1 Å². The van der Waals surface area contributed by atoms with Gasteiger partial charge in [0, 0.05) is 25.4 Å². The second kappa shape index (κ2) is 8.88. The summed E-state index contributed by atoms with van der Waals surface area (Å²) in [6.07, 6.45) is 1.81. The number of rotatable bonds is 6. The summed E-state index contributed by atoms with van der Waals surface area (Å²) in [5.41, 5.74) is 5.26. The lowest BCUT2D eigenvalue weighted by molar-refractivity contribution is 0.0785. The van der Waals surface area contributed by atoms with Gasteiger partial charge in [-0.2, -0.15) is 5.10 Å². The van der Waals surface area contributed by atoms with Crippen molar-refractivity contribution in [2.75, 3.05) is 14.2 Å². The van der Waals surface area contributed by atoms with Crippen LogP contribution in [-0.2, 0) is 6.54 Å². The normalized spacial score (nSPS) is 10.7. The van der Waals surface area contributed by atoms with Gasteiger partial charge in [0.25, 0.3) is 5.91 Å². The van der Waals surface area contributed by atoms with E-state index in [1.165, 1.54) is 0 Å². The second-order valence-electron chi connectivity index (χ2n) is 7.49. The Morgan fingerprint density at radius 2 is 1.65 bits per heavy atom. The topological polar surface area (TPSA) is 47.4 Å². The average Bonchev–Trinajstić information content (AvgIpc) is 3.26. The van der Waals surface area contributed by atoms with Crippen LogP contribution in [0.1, 0.15) is 21.5 Å². The first kappa shape index (κ1) is 20.4. The van der Waals surface area contributed by atoms with Gasteiger partial charge in [-0.15, -0.1) is 0 Å². The van der Waals surface area contributed by atoms with Crippen LogP contribution in [0.3, 0.4) is 0 Å². The summed E-state index contributed by atoms with van der Waals surface area (Å²) in [6.45, 7) is 2.59. The third-order valence-corrected chi connectivity index (χ3v) is 5.34. The van der Waals surface area contributed by atoms with Gasteiger partial charge in [-0.3, -0.25) is 4.79 Å². The van der Waals surface area contributed by atoms with Crippen molar-refractivity contribution < 1.29 is 9.53 Å². The highest BCUT2D eigenvalue weighted by Gasteiger charge is 2.22. The molecule has 0 atom stereocenters. The lowest BCUT2D eigenvalue weighted by atomic mass is 10.1. The molecule has 4 rings (SSSR count). The molecule has 4 aromatic rings. The molecule has 0 fully saturated rings. The molecule has 0 saturated carbocycles. The first-order valence-electron chi connectivity index (χ1n) is 10.2. The lowest BCUT2D eigenvalue weighted by Crippen LogP contribution is -2.26. The Morgan fingerprint density at radius 1 is 0.968 bits per heavy atom. The molecular formula is C26H25N3O2. The lowest BCUT2D eigenvalue weighted by Gasteiger charge is -2.18. The molecule has 0 spiro atoms. The number of hydrogen-bond acceptors (Lipinski definition) is 3. The number of carbonyl (C=O) groups excluding carboxylic acids is 1. The van der Waals surface area contributed by atoms with Crippen molar-refractivity contribution in [2.24, 2.45) is 0 Å². The number of methoxy groups -OCH3 is 1. The number of aromatic nitrogens is 2. The third kappa shape index (κ3) is 4.36. The van der Waals surface area contributed by atoms with Crippen LogP contribution in [-0.4, -0.2) is 34.7 Å². The van der Waals surface area contributed by atoms with E-state index < -0.39 is 0 Å². The minimum atomic E-state index is -0.0729. The van der Waals surface area contributed by atoms with E-state index in [4.69, 9.17) is 9.84 Å². The molecule has 0 saturated heterocycles. The van der Waals surface area contributed by atoms with Crippen molar-refractivity contribution in [2.45, 2.75) is 13.5 Å². The van der Waals surface area contributed by atoms with Crippen LogP contribution in [0.25, 0.3) is 16.9 Å². The van der Waals surface area contributed by atoms with E-state index in [9.17, 15) is 4.79 Å². The Labute approximate surface area is 182 Å². The zero-order valence-electron chi connectivity index (χ0n) is 17.9. The van der Waals surface area contributed by atoms with Crippen LogP contribution in [0.2, 0.25) is 0 Å². The highest BCUT2D eigenvalue weighted by atomic mass is 16.5. The van der Waals surface area contributed by atoms with Crippen molar-refractivity contribution in [3.63, 3.8) is 0 Å². The smallest absolute Gasteiger partial charge is 0.257 e. The van der Waals surface area contributed by atoms with Crippen LogP contribution in [0.5, 0.6) is 5.75 Å². The fraction of sp³-hybridized carbons (Fsp3) is 0.154. The van der Waals surface area contributed by atoms with Crippen LogP contribution in [0, 0.1) is 6.92 Å². The Balaban J connectivity index is 1.73. The van der Waals surface area contributed by atoms with Crippen molar-refractivity contribution in [3.05, 3.63) is 102 Å². The van der Waals surface area contributed by atoms with E-state index in [0.717, 1.165) is 28.1 Å². The van der Waals surface area contributed by atoms with Gasteiger partial charge in [-0.1, -0.05) is 42.5 Å². The number of hydrogen-bond donors (Lipinski definition) is 0. The molecule has 31 heavy (non-hydrogen) atoms. The van der Waals surface area contributed by atoms with E-state index in [0.29, 0.717) is 17.8 Å². The van der Waals surface area contributed by atoms with Crippen molar-refractivity contribution >= 4 is 5.91 Å². The molecule has 5 nitrogen and oxygen atoms in total. The minimum absolute atomic E-state index is 0.0729. The average molecular weight is 412 g/mol. The molecule has 0 N–H and O–H groups in total. The molecule has 5 heteroatoms. The molecule has 0 bridgehead atoms. The second-order valence-corrected chi connectivity index (χ2v) is 7.49. The third-order valence-electron chi connectivity index (χ3n) is 5.34. The number of benzene rings is 3. The zero-order valence-corrected chi connectivity index (χ0v) is 17.9. The van der Waals surface area contributed by atoms with Gasteiger partial charge in [0.05, 0.1) is 18.4 Å². The molecule has 1 aromatic heterocycles. The molecule has 0 aliphatic heterocycles. The largest absolute Gasteiger partial charge is 0.497 e. The van der Waals surface area contributed by atoms with Gasteiger partial charge in [-0.25, -0.2) is 4.68 Å². The summed E-state index contributed by atoms with van der Waals surface area (Å²) < 4.78 is 7.03. The minimum Gasteiger partial charge on any atom is -0.497 e. The maximum atomic E-state index is 13.5. The summed E-state index contributed by atoms with van der Waals surface area (Å²) in [5, 5.41) is 4.76. The summed E-state index contributed by atoms with van der Waals surface area (Å²) in [6, 6.07) is 25.5. The fourth-order valence-corrected chi connectivity index (χ4v) is 3.53. The highest BCUT2D eigenvalue weighted by Crippen LogP contribution is 2.27. The standard InChI is InChI=1S/C26H25N3O2/c1-19-9-7-8-10-21(19)17-28(2)26(30)24-18-29(22-11-5-4-6-12-22)27-25(24)20-13-15-23(31-3)16-14-20/h4-16,18H,17H2,1-3H3. The van der Waals surface area contributed by atoms with Crippen LogP contribution < -0.4 is 4.74 Å². The number of aryl methyl sites for hydroxylation is 1. The maximum absolute atomic E-state index is 13.5. The Kier molecular flexibility index (Phi) is 5.85. The van der Waals surface area contributed by atoms with Crippen LogP contribution in [0.15, 0.2) is 85.1 Å². The summed E-state index contributed by atoms with van der Waals surface area (Å²) in [7, 11) is 3.46. The number of para-hydroxylation sites is 1. The summed E-state index contributed by atoms with van der Waals surface area (Å²) >= 11 is 0. The molecule has 156 valence electrons. The Bertz CT molecular complexity index is 1180. The van der Waals surface area contributed by atoms with Crippen LogP contribution in [0.4, 0.5) is 0 Å². The molecule has 0 aliphatic carbocycles. The van der Waals surface area contributed by atoms with Crippen LogP contribution >= 0.6 is 0 Å². The van der Waals surface area contributed by atoms with Crippen molar-refractivity contribution in [1.29, 1.82) is 0 Å². The van der Waals surface area contributed by atoms with Gasteiger partial charge in [0.1, 0.15) is 11.4 Å². The number of amides is 1. The highest BCUT2D eigenvalue weighted by molar-refractivity contribution is 5.99. The number of carbonyl (C=O) groups is 1. The monoisotopic (exact) mass is 411 g/mol. The number of ether oxygens (including phenoxy) is 1. The molecule has 0 radical (unpaired) electrons. The quantitative estimate of drug-likeness (QED) is 0.442. The predicted octanol–water partition coefficient (Wildman–Crippen LogP) is 5.13. The molecular weight excluding hydrogens is 386 g/mol. The fourth-order valence-electron chi connectivity index (χ4n) is 3.53. The van der Waals surface area contributed by atoms with Gasteiger partial charge in [0.2, 0.25) is 0 Å². The molecule has 0 unspecified atom stereocenters. The molecule has 1 amide bonds. The van der Waals surface area contributed by atoms with Gasteiger partial charge < -0.3 is 9.64 Å². The first-order chi connectivity index (χ1) is 15.1. The van der Waals surface area contributed by atoms with Gasteiger partial charge in [0.15, 0.2) is 0 Å². The van der Waals surface area contributed by atoms with E-state index in [-0.39, 0.29) is 5.91 Å². The summed E-state index contributed by atoms with van der Waals surface area (Å²) in [5.74, 6) is 0.687. The van der Waals surface area contributed by atoms with Crippen molar-refractivity contribution in [3.8, 4) is 22.7 Å². The van der Waals surface area contributed by atoms with Gasteiger partial charge in [-0.05, 0) is 54.4 Å². The molecule has 3 aromatic carbocycles. The first-order valence-corrected chi connectivity index (χ1v) is 10.2. The Morgan fingerprint density at radius 3 is 2.32 bits per heavy atom. The van der Waals surface area contributed by atoms with E-state index in [1.54, 1.807) is 16.7 Å². The summed E-state index contributed by atoms with van der Waals surface area (Å²) in [4.78, 5) is 15.2.